The number of hydrogen-bond acceptors (Lipinski definition) is 4. The summed E-state index contributed by atoms with van der Waals surface area (Å²) in [5.41, 5.74) is 2.81. The average Bonchev–Trinajstić information content (AvgIpc) is 3.32. The zero-order valence-corrected chi connectivity index (χ0v) is 18.8. The molecule has 2 aromatic rings. The van der Waals surface area contributed by atoms with Gasteiger partial charge in [-0.2, -0.15) is 4.98 Å². The number of likely N-dealkylation sites (tertiary alicyclic amines) is 2. The largest absolute Gasteiger partial charge is 0.347 e. The summed E-state index contributed by atoms with van der Waals surface area (Å²) in [6, 6.07) is 10.6. The van der Waals surface area contributed by atoms with Crippen LogP contribution in [-0.2, 0) is 7.05 Å². The Bertz CT molecular complexity index is 1020. The van der Waals surface area contributed by atoms with Crippen molar-refractivity contribution in [3.63, 3.8) is 0 Å². The highest BCUT2D eigenvalue weighted by molar-refractivity contribution is 5.96. The van der Waals surface area contributed by atoms with Gasteiger partial charge in [0.1, 0.15) is 0 Å². The lowest BCUT2D eigenvalue weighted by Crippen LogP contribution is -2.36. The van der Waals surface area contributed by atoms with Crippen molar-refractivity contribution in [1.82, 2.24) is 19.4 Å². The standard InChI is InChI=1S/C25H32N4O2/c1-5-19(20-9-7-6-8-10-20)11-12-28-13-21-15-29(16-22(21)14-28)24(30)23-17(2)26-25(31)27(4)18(23)3/h5-10,19,21-22H,1,11-16H2,2-4H3/t19-,21?,22?/m0/s1. The molecule has 0 N–H and O–H groups in total. The number of allylic oxidation sites excluding steroid dienone is 1. The minimum atomic E-state index is -0.311. The monoisotopic (exact) mass is 420 g/mol. The van der Waals surface area contributed by atoms with E-state index in [4.69, 9.17) is 0 Å². The molecule has 4 rings (SSSR count). The number of carbonyl (C=O) groups excluding carboxylic acids is 1. The van der Waals surface area contributed by atoms with Gasteiger partial charge in [0, 0.05) is 44.8 Å². The van der Waals surface area contributed by atoms with E-state index in [-0.39, 0.29) is 11.6 Å². The molecule has 6 heteroatoms. The zero-order chi connectivity index (χ0) is 22.1. The number of nitrogens with zero attached hydrogens (tertiary/aromatic N) is 4. The maximum absolute atomic E-state index is 13.2. The van der Waals surface area contributed by atoms with Crippen LogP contribution in [0.4, 0.5) is 0 Å². The lowest BCUT2D eigenvalue weighted by Gasteiger charge is -2.24. The summed E-state index contributed by atoms with van der Waals surface area (Å²) in [4.78, 5) is 33.6. The number of aromatic nitrogens is 2. The second-order valence-electron chi connectivity index (χ2n) is 9.03. The summed E-state index contributed by atoms with van der Waals surface area (Å²) in [6.45, 7) is 12.3. The van der Waals surface area contributed by atoms with E-state index in [1.165, 1.54) is 10.1 Å². The molecule has 1 amide bonds. The van der Waals surface area contributed by atoms with Gasteiger partial charge in [0.05, 0.1) is 11.3 Å². The number of fused-ring (bicyclic) bond motifs is 1. The Morgan fingerprint density at radius 2 is 1.81 bits per heavy atom. The number of amides is 1. The molecule has 3 heterocycles. The number of aryl methyl sites for hydroxylation is 1. The van der Waals surface area contributed by atoms with Crippen LogP contribution in [0.15, 0.2) is 47.8 Å². The maximum atomic E-state index is 13.2. The second-order valence-corrected chi connectivity index (χ2v) is 9.03. The van der Waals surface area contributed by atoms with Crippen LogP contribution >= 0.6 is 0 Å². The Balaban J connectivity index is 1.35. The first-order chi connectivity index (χ1) is 14.9. The molecule has 164 valence electrons. The molecule has 6 nitrogen and oxygen atoms in total. The Kier molecular flexibility index (Phi) is 6.10. The van der Waals surface area contributed by atoms with E-state index < -0.39 is 0 Å². The Hall–Kier alpha value is -2.73. The SMILES string of the molecule is C=C[C@@H](CCN1CC2CN(C(=O)c3c(C)nc(=O)n(C)c3C)CC2C1)c1ccccc1. The molecule has 0 bridgehead atoms. The smallest absolute Gasteiger partial charge is 0.338 e. The van der Waals surface area contributed by atoms with Crippen LogP contribution in [0.3, 0.4) is 0 Å². The summed E-state index contributed by atoms with van der Waals surface area (Å²) < 4.78 is 1.46. The van der Waals surface area contributed by atoms with Crippen molar-refractivity contribution >= 4 is 5.91 Å². The summed E-state index contributed by atoms with van der Waals surface area (Å²) in [6.07, 6.45) is 3.12. The van der Waals surface area contributed by atoms with Crippen LogP contribution < -0.4 is 5.69 Å². The van der Waals surface area contributed by atoms with Crippen LogP contribution in [0.1, 0.15) is 39.6 Å². The first-order valence-electron chi connectivity index (χ1n) is 11.1. The van der Waals surface area contributed by atoms with Gasteiger partial charge in [-0.15, -0.1) is 6.58 Å². The molecule has 1 aromatic heterocycles. The lowest BCUT2D eigenvalue weighted by atomic mass is 9.96. The first kappa shape index (κ1) is 21.5. The van der Waals surface area contributed by atoms with Gasteiger partial charge in [0.2, 0.25) is 0 Å². The molecule has 0 saturated carbocycles. The molecule has 0 radical (unpaired) electrons. The van der Waals surface area contributed by atoms with Crippen molar-refractivity contribution in [1.29, 1.82) is 0 Å². The number of benzene rings is 1. The summed E-state index contributed by atoms with van der Waals surface area (Å²) in [5, 5.41) is 0. The van der Waals surface area contributed by atoms with Crippen molar-refractivity contribution < 1.29 is 4.79 Å². The average molecular weight is 421 g/mol. The van der Waals surface area contributed by atoms with E-state index in [9.17, 15) is 9.59 Å². The van der Waals surface area contributed by atoms with Crippen LogP contribution in [0, 0.1) is 25.7 Å². The van der Waals surface area contributed by atoms with Gasteiger partial charge in [-0.05, 0) is 44.2 Å². The third kappa shape index (κ3) is 4.22. The molecule has 1 aromatic carbocycles. The molecule has 0 aliphatic carbocycles. The van der Waals surface area contributed by atoms with Crippen molar-refractivity contribution in [2.24, 2.45) is 18.9 Å². The second kappa shape index (κ2) is 8.79. The summed E-state index contributed by atoms with van der Waals surface area (Å²) >= 11 is 0. The van der Waals surface area contributed by atoms with Crippen molar-refractivity contribution in [3.8, 4) is 0 Å². The molecule has 2 saturated heterocycles. The molecule has 2 fully saturated rings. The van der Waals surface area contributed by atoms with E-state index in [0.717, 1.165) is 39.1 Å². The van der Waals surface area contributed by atoms with Crippen LogP contribution in [0.2, 0.25) is 0 Å². The van der Waals surface area contributed by atoms with Crippen molar-refractivity contribution in [2.75, 3.05) is 32.7 Å². The van der Waals surface area contributed by atoms with E-state index in [1.807, 2.05) is 17.9 Å². The fourth-order valence-corrected chi connectivity index (χ4v) is 5.20. The van der Waals surface area contributed by atoms with Gasteiger partial charge in [0.25, 0.3) is 5.91 Å². The molecule has 3 atom stereocenters. The maximum Gasteiger partial charge on any atom is 0.347 e. The van der Waals surface area contributed by atoms with Gasteiger partial charge >= 0.3 is 5.69 Å². The summed E-state index contributed by atoms with van der Waals surface area (Å²) in [5.74, 6) is 1.42. The third-order valence-corrected chi connectivity index (χ3v) is 7.11. The lowest BCUT2D eigenvalue weighted by molar-refractivity contribution is 0.0770. The van der Waals surface area contributed by atoms with E-state index in [0.29, 0.717) is 34.7 Å². The van der Waals surface area contributed by atoms with Gasteiger partial charge in [-0.3, -0.25) is 9.36 Å². The van der Waals surface area contributed by atoms with Crippen molar-refractivity contribution in [3.05, 3.63) is 76.0 Å². The van der Waals surface area contributed by atoms with Gasteiger partial charge < -0.3 is 9.80 Å². The highest BCUT2D eigenvalue weighted by Gasteiger charge is 2.42. The minimum absolute atomic E-state index is 0.00912. The van der Waals surface area contributed by atoms with Crippen LogP contribution in [0.5, 0.6) is 0 Å². The minimum Gasteiger partial charge on any atom is -0.338 e. The predicted octanol–water partition coefficient (Wildman–Crippen LogP) is 2.76. The molecule has 2 aliphatic rings. The third-order valence-electron chi connectivity index (χ3n) is 7.11. The number of carbonyl (C=O) groups is 1. The molecular weight excluding hydrogens is 388 g/mol. The molecule has 2 unspecified atom stereocenters. The predicted molar refractivity (Wildman–Crippen MR) is 122 cm³/mol. The number of rotatable bonds is 6. The van der Waals surface area contributed by atoms with E-state index in [2.05, 4.69) is 46.8 Å². The Morgan fingerprint density at radius 1 is 1.16 bits per heavy atom. The van der Waals surface area contributed by atoms with Crippen molar-refractivity contribution in [2.45, 2.75) is 26.2 Å². The molecule has 31 heavy (non-hydrogen) atoms. The van der Waals surface area contributed by atoms with Gasteiger partial charge in [-0.25, -0.2) is 4.79 Å². The topological polar surface area (TPSA) is 58.4 Å². The van der Waals surface area contributed by atoms with Gasteiger partial charge in [-0.1, -0.05) is 36.4 Å². The van der Waals surface area contributed by atoms with E-state index in [1.54, 1.807) is 14.0 Å². The highest BCUT2D eigenvalue weighted by atomic mass is 16.2. The van der Waals surface area contributed by atoms with Gasteiger partial charge in [0.15, 0.2) is 0 Å². The Morgan fingerprint density at radius 3 is 2.42 bits per heavy atom. The van der Waals surface area contributed by atoms with Crippen LogP contribution in [0.25, 0.3) is 0 Å². The van der Waals surface area contributed by atoms with E-state index >= 15 is 0 Å². The quantitative estimate of drug-likeness (QED) is 0.675. The molecular formula is C25H32N4O2. The molecule has 0 spiro atoms. The zero-order valence-electron chi connectivity index (χ0n) is 18.8. The Labute approximate surface area is 184 Å². The normalized spacial score (nSPS) is 21.8. The first-order valence-corrected chi connectivity index (χ1v) is 11.1. The van der Waals surface area contributed by atoms with Crippen LogP contribution in [-0.4, -0.2) is 58.0 Å². The fourth-order valence-electron chi connectivity index (χ4n) is 5.20. The fraction of sp³-hybridized carbons (Fsp3) is 0.480. The highest BCUT2D eigenvalue weighted by Crippen LogP contribution is 2.33. The summed E-state index contributed by atoms with van der Waals surface area (Å²) in [7, 11) is 1.67. The number of hydrogen-bond donors (Lipinski definition) is 0. The molecule has 2 aliphatic heterocycles.